The summed E-state index contributed by atoms with van der Waals surface area (Å²) in [5.74, 6) is 0. The van der Waals surface area contributed by atoms with Gasteiger partial charge < -0.3 is 0 Å². The van der Waals surface area contributed by atoms with E-state index in [1.807, 2.05) is 5.38 Å². The minimum atomic E-state index is 0.743. The van der Waals surface area contributed by atoms with Crippen LogP contribution in [-0.4, -0.2) is 14.8 Å². The summed E-state index contributed by atoms with van der Waals surface area (Å²) in [4.78, 5) is 4.19. The highest BCUT2D eigenvalue weighted by atomic mass is 35.5. The van der Waals surface area contributed by atoms with E-state index in [2.05, 4.69) is 10.1 Å². The lowest BCUT2D eigenvalue weighted by molar-refractivity contribution is 0.797. The summed E-state index contributed by atoms with van der Waals surface area (Å²) in [6.07, 6.45) is 5.05. The molecule has 14 heavy (non-hydrogen) atoms. The molecule has 2 aromatic rings. The number of halogens is 1. The summed E-state index contributed by atoms with van der Waals surface area (Å²) in [5.41, 5.74) is 2.35. The SMILES string of the molecule is Clc1c2c(nn1-c1nccs1)CCC2. The molecule has 1 aliphatic carbocycles. The molecule has 0 radical (unpaired) electrons. The maximum Gasteiger partial charge on any atom is 0.211 e. The molecule has 0 aromatic carbocycles. The van der Waals surface area contributed by atoms with Crippen molar-refractivity contribution in [1.29, 1.82) is 0 Å². The van der Waals surface area contributed by atoms with Crippen molar-refractivity contribution < 1.29 is 0 Å². The smallest absolute Gasteiger partial charge is 0.211 e. The van der Waals surface area contributed by atoms with Gasteiger partial charge in [-0.15, -0.1) is 11.3 Å². The Kier molecular flexibility index (Phi) is 1.85. The largest absolute Gasteiger partial charge is 0.227 e. The summed E-state index contributed by atoms with van der Waals surface area (Å²) in [6.45, 7) is 0. The van der Waals surface area contributed by atoms with Crippen molar-refractivity contribution in [2.75, 3.05) is 0 Å². The molecule has 1 aliphatic rings. The zero-order chi connectivity index (χ0) is 9.54. The summed E-state index contributed by atoms with van der Waals surface area (Å²) >= 11 is 7.78. The van der Waals surface area contributed by atoms with Crippen molar-refractivity contribution in [1.82, 2.24) is 14.8 Å². The second kappa shape index (κ2) is 3.07. The molecule has 0 bridgehead atoms. The van der Waals surface area contributed by atoms with E-state index >= 15 is 0 Å². The first kappa shape index (κ1) is 8.44. The van der Waals surface area contributed by atoms with Crippen molar-refractivity contribution in [3.63, 3.8) is 0 Å². The summed E-state index contributed by atoms with van der Waals surface area (Å²) in [5, 5.41) is 7.99. The standard InChI is InChI=1S/C9H8ClN3S/c10-8-6-2-1-3-7(6)12-13(8)9-11-4-5-14-9/h4-5H,1-3H2. The minimum Gasteiger partial charge on any atom is -0.227 e. The number of thiazole rings is 1. The van der Waals surface area contributed by atoms with Crippen LogP contribution in [0.4, 0.5) is 0 Å². The van der Waals surface area contributed by atoms with Crippen molar-refractivity contribution in [2.45, 2.75) is 19.3 Å². The van der Waals surface area contributed by atoms with E-state index in [0.717, 1.165) is 28.8 Å². The first-order valence-corrected chi connectivity index (χ1v) is 5.78. The second-order valence-corrected chi connectivity index (χ2v) is 4.53. The van der Waals surface area contributed by atoms with Crippen LogP contribution in [0.25, 0.3) is 5.13 Å². The van der Waals surface area contributed by atoms with Gasteiger partial charge in [0.15, 0.2) is 0 Å². The van der Waals surface area contributed by atoms with Gasteiger partial charge in [0.1, 0.15) is 5.15 Å². The Labute approximate surface area is 90.3 Å². The lowest BCUT2D eigenvalue weighted by Gasteiger charge is -1.97. The van der Waals surface area contributed by atoms with E-state index in [9.17, 15) is 0 Å². The Morgan fingerprint density at radius 1 is 1.43 bits per heavy atom. The zero-order valence-electron chi connectivity index (χ0n) is 7.40. The average molecular weight is 226 g/mol. The molecule has 3 rings (SSSR count). The molecule has 0 saturated carbocycles. The van der Waals surface area contributed by atoms with Crippen LogP contribution in [0.15, 0.2) is 11.6 Å². The second-order valence-electron chi connectivity index (χ2n) is 3.30. The number of aryl methyl sites for hydroxylation is 1. The molecule has 72 valence electrons. The molecule has 0 fully saturated rings. The molecule has 5 heteroatoms. The molecule has 0 aliphatic heterocycles. The van der Waals surface area contributed by atoms with Crippen molar-refractivity contribution in [3.05, 3.63) is 28.0 Å². The third-order valence-electron chi connectivity index (χ3n) is 2.44. The molecule has 3 nitrogen and oxygen atoms in total. The maximum absolute atomic E-state index is 6.23. The van der Waals surface area contributed by atoms with E-state index < -0.39 is 0 Å². The lowest BCUT2D eigenvalue weighted by Crippen LogP contribution is -1.97. The Morgan fingerprint density at radius 2 is 2.36 bits per heavy atom. The van der Waals surface area contributed by atoms with Crippen LogP contribution >= 0.6 is 22.9 Å². The van der Waals surface area contributed by atoms with Crippen LogP contribution in [0, 0.1) is 0 Å². The lowest BCUT2D eigenvalue weighted by atomic mass is 10.3. The molecular weight excluding hydrogens is 218 g/mol. The normalized spacial score (nSPS) is 14.6. The predicted molar refractivity (Wildman–Crippen MR) is 56.3 cm³/mol. The van der Waals surface area contributed by atoms with Crippen LogP contribution in [0.3, 0.4) is 0 Å². The van der Waals surface area contributed by atoms with E-state index in [4.69, 9.17) is 11.6 Å². The van der Waals surface area contributed by atoms with Gasteiger partial charge in [-0.3, -0.25) is 0 Å². The van der Waals surface area contributed by atoms with Gasteiger partial charge in [0.2, 0.25) is 5.13 Å². The highest BCUT2D eigenvalue weighted by Crippen LogP contribution is 2.30. The third-order valence-corrected chi connectivity index (χ3v) is 3.58. The fourth-order valence-electron chi connectivity index (χ4n) is 1.80. The number of rotatable bonds is 1. The number of nitrogens with zero attached hydrogens (tertiary/aromatic N) is 3. The van der Waals surface area contributed by atoms with Gasteiger partial charge in [0.05, 0.1) is 5.69 Å². The monoisotopic (exact) mass is 225 g/mol. The van der Waals surface area contributed by atoms with Crippen molar-refractivity contribution in [2.24, 2.45) is 0 Å². The zero-order valence-corrected chi connectivity index (χ0v) is 8.98. The van der Waals surface area contributed by atoms with Gasteiger partial charge >= 0.3 is 0 Å². The predicted octanol–water partition coefficient (Wildman–Crippen LogP) is 2.47. The van der Waals surface area contributed by atoms with E-state index in [1.54, 1.807) is 22.2 Å². The highest BCUT2D eigenvalue weighted by molar-refractivity contribution is 7.12. The summed E-state index contributed by atoms with van der Waals surface area (Å²) < 4.78 is 1.75. The van der Waals surface area contributed by atoms with Crippen LogP contribution in [-0.2, 0) is 12.8 Å². The summed E-state index contributed by atoms with van der Waals surface area (Å²) in [7, 11) is 0. The molecule has 2 heterocycles. The van der Waals surface area contributed by atoms with Gasteiger partial charge in [0.25, 0.3) is 0 Å². The van der Waals surface area contributed by atoms with E-state index in [1.165, 1.54) is 12.0 Å². The number of fused-ring (bicyclic) bond motifs is 1. The Hall–Kier alpha value is -0.870. The van der Waals surface area contributed by atoms with Crippen LogP contribution in [0.2, 0.25) is 5.15 Å². The van der Waals surface area contributed by atoms with Crippen molar-refractivity contribution in [3.8, 4) is 5.13 Å². The van der Waals surface area contributed by atoms with E-state index in [-0.39, 0.29) is 0 Å². The van der Waals surface area contributed by atoms with Gasteiger partial charge in [0, 0.05) is 17.1 Å². The molecule has 0 saturated heterocycles. The van der Waals surface area contributed by atoms with E-state index in [0.29, 0.717) is 0 Å². The number of aromatic nitrogens is 3. The Morgan fingerprint density at radius 3 is 3.07 bits per heavy atom. The fraction of sp³-hybridized carbons (Fsp3) is 0.333. The molecule has 0 spiro atoms. The minimum absolute atomic E-state index is 0.743. The highest BCUT2D eigenvalue weighted by Gasteiger charge is 2.22. The topological polar surface area (TPSA) is 30.7 Å². The van der Waals surface area contributed by atoms with Crippen LogP contribution in [0.1, 0.15) is 17.7 Å². The van der Waals surface area contributed by atoms with Crippen LogP contribution < -0.4 is 0 Å². The number of hydrogen-bond acceptors (Lipinski definition) is 3. The van der Waals surface area contributed by atoms with Gasteiger partial charge in [-0.25, -0.2) is 4.98 Å². The van der Waals surface area contributed by atoms with Gasteiger partial charge in [-0.2, -0.15) is 9.78 Å². The Bertz CT molecular complexity index is 461. The molecule has 0 unspecified atom stereocenters. The average Bonchev–Trinajstić information content (AvgIpc) is 2.84. The number of hydrogen-bond donors (Lipinski definition) is 0. The Balaban J connectivity index is 2.17. The quantitative estimate of drug-likeness (QED) is 0.747. The molecular formula is C9H8ClN3S. The summed E-state index contributed by atoms with van der Waals surface area (Å²) in [6, 6.07) is 0. The fourth-order valence-corrected chi connectivity index (χ4v) is 2.77. The first-order valence-electron chi connectivity index (χ1n) is 4.52. The van der Waals surface area contributed by atoms with Gasteiger partial charge in [-0.1, -0.05) is 11.6 Å². The molecule has 0 amide bonds. The first-order chi connectivity index (χ1) is 6.86. The van der Waals surface area contributed by atoms with Crippen molar-refractivity contribution >= 4 is 22.9 Å². The van der Waals surface area contributed by atoms with Gasteiger partial charge in [-0.05, 0) is 19.3 Å². The molecule has 0 atom stereocenters. The van der Waals surface area contributed by atoms with Crippen LogP contribution in [0.5, 0.6) is 0 Å². The molecule has 0 N–H and O–H groups in total. The molecule has 2 aromatic heterocycles. The third kappa shape index (κ3) is 1.11. The maximum atomic E-state index is 6.23.